The topological polar surface area (TPSA) is 94.6 Å². The Morgan fingerprint density at radius 2 is 1.70 bits per heavy atom. The number of aromatic amines is 1. The summed E-state index contributed by atoms with van der Waals surface area (Å²) in [5, 5.41) is 24.7. The molecule has 168 valence electrons. The molecule has 7 heteroatoms. The summed E-state index contributed by atoms with van der Waals surface area (Å²) < 4.78 is 5.47. The van der Waals surface area contributed by atoms with Gasteiger partial charge in [0.2, 0.25) is 0 Å². The molecular weight excluding hydrogens is 440 g/mol. The number of ether oxygens (including phenoxy) is 1. The average Bonchev–Trinajstić information content (AvgIpc) is 3.42. The largest absolute Gasteiger partial charge is 0.449 e. The van der Waals surface area contributed by atoms with E-state index in [0.29, 0.717) is 10.6 Å². The average molecular weight is 463 g/mol. The molecule has 0 aliphatic heterocycles. The number of benzene rings is 3. The van der Waals surface area contributed by atoms with Gasteiger partial charge in [0.25, 0.3) is 0 Å². The van der Waals surface area contributed by atoms with E-state index < -0.39 is 18.3 Å². The third-order valence-electron chi connectivity index (χ3n) is 6.15. The SMILES string of the molecule is O=C(NCC(O)C(O)c1cc2cc[nH]c2cc1Cl)OCC1c2ccccc2-c2ccccc21. The fourth-order valence-electron chi connectivity index (χ4n) is 4.47. The number of hydrogen-bond donors (Lipinski definition) is 4. The van der Waals surface area contributed by atoms with Gasteiger partial charge in [-0.15, -0.1) is 0 Å². The number of hydrogen-bond acceptors (Lipinski definition) is 4. The fraction of sp³-hybridized carbons (Fsp3) is 0.192. The van der Waals surface area contributed by atoms with Crippen molar-refractivity contribution >= 4 is 28.6 Å². The maximum atomic E-state index is 12.3. The second kappa shape index (κ2) is 8.90. The second-order valence-corrected chi connectivity index (χ2v) is 8.56. The Hall–Kier alpha value is -3.32. The van der Waals surface area contributed by atoms with Gasteiger partial charge >= 0.3 is 6.09 Å². The quantitative estimate of drug-likeness (QED) is 0.332. The van der Waals surface area contributed by atoms with Gasteiger partial charge in [0.1, 0.15) is 18.8 Å². The van der Waals surface area contributed by atoms with Crippen LogP contribution < -0.4 is 5.32 Å². The molecule has 6 nitrogen and oxygen atoms in total. The summed E-state index contributed by atoms with van der Waals surface area (Å²) >= 11 is 6.26. The number of carbonyl (C=O) groups is 1. The molecule has 1 aliphatic rings. The molecular formula is C26H23ClN2O4. The van der Waals surface area contributed by atoms with Crippen molar-refractivity contribution < 1.29 is 19.7 Å². The molecule has 0 fully saturated rings. The lowest BCUT2D eigenvalue weighted by molar-refractivity contribution is 0.0187. The van der Waals surface area contributed by atoms with Crippen molar-refractivity contribution in [3.8, 4) is 11.1 Å². The number of nitrogens with one attached hydrogen (secondary N) is 2. The van der Waals surface area contributed by atoms with Crippen molar-refractivity contribution in [2.45, 2.75) is 18.1 Å². The molecule has 2 unspecified atom stereocenters. The molecule has 0 bridgehead atoms. The Kier molecular flexibility index (Phi) is 5.81. The number of H-pyrrole nitrogens is 1. The molecule has 4 N–H and O–H groups in total. The van der Waals surface area contributed by atoms with Gasteiger partial charge in [-0.05, 0) is 45.8 Å². The van der Waals surface area contributed by atoms with E-state index in [0.717, 1.165) is 33.2 Å². The van der Waals surface area contributed by atoms with Gasteiger partial charge < -0.3 is 25.3 Å². The van der Waals surface area contributed by atoms with Crippen LogP contribution in [0.15, 0.2) is 72.9 Å². The Morgan fingerprint density at radius 1 is 1.03 bits per heavy atom. The first-order valence-corrected chi connectivity index (χ1v) is 11.1. The summed E-state index contributed by atoms with van der Waals surface area (Å²) in [4.78, 5) is 15.4. The van der Waals surface area contributed by atoms with Gasteiger partial charge in [-0.1, -0.05) is 60.1 Å². The smallest absolute Gasteiger partial charge is 0.407 e. The van der Waals surface area contributed by atoms with Crippen LogP contribution >= 0.6 is 11.6 Å². The summed E-state index contributed by atoms with van der Waals surface area (Å²) in [6.45, 7) is -0.00611. The molecule has 0 spiro atoms. The standard InChI is InChI=1S/C26H23ClN2O4/c27-22-12-23-15(9-10-28-23)11-20(22)25(31)24(30)13-29-26(32)33-14-21-18-7-3-1-5-16(18)17-6-2-4-8-19(17)21/h1-12,21,24-25,28,30-31H,13-14H2,(H,29,32). The molecule has 5 rings (SSSR count). The molecule has 1 aliphatic carbocycles. The van der Waals surface area contributed by atoms with Crippen molar-refractivity contribution in [3.05, 3.63) is 94.6 Å². The summed E-state index contributed by atoms with van der Waals surface area (Å²) in [7, 11) is 0. The van der Waals surface area contributed by atoms with Crippen LogP contribution in [0.2, 0.25) is 5.02 Å². The molecule has 0 saturated heterocycles. The number of carbonyl (C=O) groups excluding carboxylic acids is 1. The van der Waals surface area contributed by atoms with Crippen LogP contribution in [0.1, 0.15) is 28.7 Å². The third kappa shape index (κ3) is 4.09. The van der Waals surface area contributed by atoms with Crippen molar-refractivity contribution in [3.63, 3.8) is 0 Å². The minimum atomic E-state index is -1.26. The van der Waals surface area contributed by atoms with Gasteiger partial charge in [0.05, 0.1) is 0 Å². The predicted molar refractivity (Wildman–Crippen MR) is 127 cm³/mol. The summed E-state index contributed by atoms with van der Waals surface area (Å²) in [5.41, 5.74) is 5.77. The lowest BCUT2D eigenvalue weighted by atomic mass is 9.98. The lowest BCUT2D eigenvalue weighted by Gasteiger charge is -2.20. The van der Waals surface area contributed by atoms with E-state index in [9.17, 15) is 15.0 Å². The van der Waals surface area contributed by atoms with Crippen molar-refractivity contribution in [1.29, 1.82) is 0 Å². The van der Waals surface area contributed by atoms with Gasteiger partial charge in [-0.2, -0.15) is 0 Å². The van der Waals surface area contributed by atoms with Gasteiger partial charge in [-0.3, -0.25) is 0 Å². The van der Waals surface area contributed by atoms with E-state index in [1.54, 1.807) is 18.3 Å². The first kappa shape index (κ1) is 21.5. The molecule has 0 radical (unpaired) electrons. The number of alkyl carbamates (subject to hydrolysis) is 1. The summed E-state index contributed by atoms with van der Waals surface area (Å²) in [5.74, 6) is -0.0504. The second-order valence-electron chi connectivity index (χ2n) is 8.16. The van der Waals surface area contributed by atoms with Crippen LogP contribution in [-0.4, -0.2) is 40.5 Å². The highest BCUT2D eigenvalue weighted by Crippen LogP contribution is 2.44. The van der Waals surface area contributed by atoms with Crippen molar-refractivity contribution in [2.24, 2.45) is 0 Å². The van der Waals surface area contributed by atoms with E-state index in [1.165, 1.54) is 0 Å². The minimum absolute atomic E-state index is 0.0504. The normalized spacial score (nSPS) is 14.5. The van der Waals surface area contributed by atoms with E-state index in [4.69, 9.17) is 16.3 Å². The lowest BCUT2D eigenvalue weighted by Crippen LogP contribution is -2.36. The molecule has 0 saturated carbocycles. The van der Waals surface area contributed by atoms with E-state index >= 15 is 0 Å². The first-order valence-electron chi connectivity index (χ1n) is 10.7. The van der Waals surface area contributed by atoms with Crippen LogP contribution in [0.3, 0.4) is 0 Å². The maximum absolute atomic E-state index is 12.3. The zero-order valence-electron chi connectivity index (χ0n) is 17.7. The Bertz CT molecular complexity index is 1270. The van der Waals surface area contributed by atoms with Crippen LogP contribution in [-0.2, 0) is 4.74 Å². The Morgan fingerprint density at radius 3 is 2.39 bits per heavy atom. The minimum Gasteiger partial charge on any atom is -0.449 e. The summed E-state index contributed by atoms with van der Waals surface area (Å²) in [6.07, 6.45) is -1.40. The molecule has 1 heterocycles. The highest BCUT2D eigenvalue weighted by atomic mass is 35.5. The fourth-order valence-corrected chi connectivity index (χ4v) is 4.75. The van der Waals surface area contributed by atoms with Gasteiger partial charge in [-0.25, -0.2) is 4.79 Å². The van der Waals surface area contributed by atoms with E-state index in [2.05, 4.69) is 22.4 Å². The van der Waals surface area contributed by atoms with Crippen molar-refractivity contribution in [1.82, 2.24) is 10.3 Å². The molecule has 1 aromatic heterocycles. The first-order chi connectivity index (χ1) is 16.0. The number of rotatable bonds is 6. The molecule has 2 atom stereocenters. The highest BCUT2D eigenvalue weighted by Gasteiger charge is 2.29. The maximum Gasteiger partial charge on any atom is 0.407 e. The molecule has 4 aromatic rings. The van der Waals surface area contributed by atoms with Crippen LogP contribution in [0, 0.1) is 0 Å². The van der Waals surface area contributed by atoms with Crippen LogP contribution in [0.25, 0.3) is 22.0 Å². The number of fused-ring (bicyclic) bond motifs is 4. The predicted octanol–water partition coefficient (Wildman–Crippen LogP) is 4.75. The van der Waals surface area contributed by atoms with E-state index in [1.807, 2.05) is 42.5 Å². The number of aliphatic hydroxyl groups is 2. The van der Waals surface area contributed by atoms with Gasteiger partial charge in [0, 0.05) is 34.8 Å². The number of halogens is 1. The Balaban J connectivity index is 1.20. The highest BCUT2D eigenvalue weighted by molar-refractivity contribution is 6.32. The number of amides is 1. The third-order valence-corrected chi connectivity index (χ3v) is 6.48. The zero-order chi connectivity index (χ0) is 22.9. The van der Waals surface area contributed by atoms with Gasteiger partial charge in [0.15, 0.2) is 0 Å². The summed E-state index contributed by atoms with van der Waals surface area (Å²) in [6, 6.07) is 21.5. The van der Waals surface area contributed by atoms with E-state index in [-0.39, 0.29) is 19.1 Å². The number of aromatic nitrogens is 1. The number of aliphatic hydroxyl groups excluding tert-OH is 2. The monoisotopic (exact) mass is 462 g/mol. The zero-order valence-corrected chi connectivity index (χ0v) is 18.4. The molecule has 33 heavy (non-hydrogen) atoms. The van der Waals surface area contributed by atoms with Crippen LogP contribution in [0.4, 0.5) is 4.79 Å². The van der Waals surface area contributed by atoms with Crippen LogP contribution in [0.5, 0.6) is 0 Å². The van der Waals surface area contributed by atoms with Crippen molar-refractivity contribution in [2.75, 3.05) is 13.2 Å². The Labute approximate surface area is 195 Å². The molecule has 3 aromatic carbocycles. The molecule has 1 amide bonds.